The van der Waals surface area contributed by atoms with Crippen molar-refractivity contribution in [2.75, 3.05) is 26.9 Å². The van der Waals surface area contributed by atoms with Crippen LogP contribution in [-0.4, -0.2) is 43.2 Å². The van der Waals surface area contributed by atoms with E-state index in [0.29, 0.717) is 26.4 Å². The van der Waals surface area contributed by atoms with Crippen molar-refractivity contribution in [3.05, 3.63) is 23.3 Å². The van der Waals surface area contributed by atoms with Crippen molar-refractivity contribution >= 4 is 0 Å². The molecule has 0 aliphatic carbocycles. The van der Waals surface area contributed by atoms with Crippen molar-refractivity contribution in [2.24, 2.45) is 0 Å². The highest BCUT2D eigenvalue weighted by Gasteiger charge is 2.19. The van der Waals surface area contributed by atoms with Crippen molar-refractivity contribution in [3.63, 3.8) is 0 Å². The second-order valence-corrected chi connectivity index (χ2v) is 4.46. The van der Waals surface area contributed by atoms with Crippen molar-refractivity contribution < 1.29 is 19.7 Å². The molecule has 3 N–H and O–H groups in total. The molecule has 5 nitrogen and oxygen atoms in total. The van der Waals surface area contributed by atoms with E-state index in [1.807, 2.05) is 0 Å². The smallest absolute Gasteiger partial charge is 0.157 e. The Morgan fingerprint density at radius 2 is 1.94 bits per heavy atom. The third-order valence-corrected chi connectivity index (χ3v) is 3.10. The molecule has 1 aromatic rings. The lowest BCUT2D eigenvalue weighted by Gasteiger charge is -2.26. The summed E-state index contributed by atoms with van der Waals surface area (Å²) < 4.78 is 10.4. The van der Waals surface area contributed by atoms with E-state index in [4.69, 9.17) is 9.47 Å². The summed E-state index contributed by atoms with van der Waals surface area (Å²) >= 11 is 0. The summed E-state index contributed by atoms with van der Waals surface area (Å²) in [4.78, 5) is 0. The number of benzene rings is 1. The minimum Gasteiger partial charge on any atom is -0.504 e. The first-order chi connectivity index (χ1) is 8.70. The monoisotopic (exact) mass is 253 g/mol. The molecule has 1 aliphatic heterocycles. The van der Waals surface area contributed by atoms with Gasteiger partial charge in [-0.25, -0.2) is 0 Å². The fourth-order valence-electron chi connectivity index (χ4n) is 2.10. The summed E-state index contributed by atoms with van der Waals surface area (Å²) in [6.45, 7) is 2.48. The number of fused-ring (bicyclic) bond motifs is 1. The van der Waals surface area contributed by atoms with Crippen LogP contribution in [0.5, 0.6) is 11.5 Å². The van der Waals surface area contributed by atoms with Gasteiger partial charge in [0.1, 0.15) is 0 Å². The highest BCUT2D eigenvalue weighted by atomic mass is 16.5. The summed E-state index contributed by atoms with van der Waals surface area (Å²) in [7, 11) is 1.65. The summed E-state index contributed by atoms with van der Waals surface area (Å²) in [6, 6.07) is 3.48. The molecule has 2 rings (SSSR count). The Balaban J connectivity index is 1.91. The maximum absolute atomic E-state index is 9.49. The van der Waals surface area contributed by atoms with Gasteiger partial charge in [0.25, 0.3) is 0 Å². The van der Waals surface area contributed by atoms with E-state index < -0.39 is 0 Å². The van der Waals surface area contributed by atoms with Gasteiger partial charge < -0.3 is 25.0 Å². The molecular weight excluding hydrogens is 234 g/mol. The molecule has 0 bridgehead atoms. The Morgan fingerprint density at radius 1 is 1.22 bits per heavy atom. The van der Waals surface area contributed by atoms with Crippen LogP contribution in [0.4, 0.5) is 0 Å². The predicted molar refractivity (Wildman–Crippen MR) is 66.8 cm³/mol. The van der Waals surface area contributed by atoms with Crippen molar-refractivity contribution in [1.29, 1.82) is 0 Å². The summed E-state index contributed by atoms with van der Waals surface area (Å²) in [5.74, 6) is -0.125. The summed E-state index contributed by atoms with van der Waals surface area (Å²) in [6.07, 6.45) is 0.788. The molecular formula is C13H19NO4. The van der Waals surface area contributed by atoms with E-state index in [1.54, 1.807) is 19.2 Å². The van der Waals surface area contributed by atoms with Gasteiger partial charge in [0.05, 0.1) is 19.8 Å². The number of phenolic OH excluding ortho intramolecular Hbond substituents is 2. The Labute approximate surface area is 106 Å². The third kappa shape index (κ3) is 3.13. The molecule has 1 atom stereocenters. The van der Waals surface area contributed by atoms with E-state index in [-0.39, 0.29) is 17.5 Å². The lowest BCUT2D eigenvalue weighted by Crippen LogP contribution is -2.39. The van der Waals surface area contributed by atoms with Gasteiger partial charge in [-0.15, -0.1) is 0 Å². The molecule has 5 heteroatoms. The third-order valence-electron chi connectivity index (χ3n) is 3.10. The summed E-state index contributed by atoms with van der Waals surface area (Å²) in [5, 5.41) is 22.3. The zero-order valence-corrected chi connectivity index (χ0v) is 10.5. The minimum atomic E-state index is -0.0645. The van der Waals surface area contributed by atoms with E-state index in [2.05, 4.69) is 5.32 Å². The Morgan fingerprint density at radius 3 is 2.67 bits per heavy atom. The predicted octanol–water partition coefficient (Wildman–Crippen LogP) is 0.775. The molecule has 1 aliphatic rings. The first-order valence-electron chi connectivity index (χ1n) is 6.04. The number of hydrogen-bond acceptors (Lipinski definition) is 5. The number of nitrogens with one attached hydrogen (secondary N) is 1. The molecule has 0 fully saturated rings. The summed E-state index contributed by atoms with van der Waals surface area (Å²) in [5.41, 5.74) is 2.09. The first kappa shape index (κ1) is 13.1. The largest absolute Gasteiger partial charge is 0.504 e. The molecule has 0 aromatic heterocycles. The van der Waals surface area contributed by atoms with Crippen LogP contribution in [0.3, 0.4) is 0 Å². The fourth-order valence-corrected chi connectivity index (χ4v) is 2.10. The van der Waals surface area contributed by atoms with E-state index in [9.17, 15) is 10.2 Å². The number of hydrogen-bond donors (Lipinski definition) is 3. The van der Waals surface area contributed by atoms with Crippen LogP contribution in [0, 0.1) is 0 Å². The molecule has 0 saturated carbocycles. The topological polar surface area (TPSA) is 71.0 Å². The average molecular weight is 253 g/mol. The van der Waals surface area contributed by atoms with Crippen LogP contribution in [0.1, 0.15) is 11.1 Å². The molecule has 1 unspecified atom stereocenters. The van der Waals surface area contributed by atoms with Gasteiger partial charge in [0.15, 0.2) is 11.5 Å². The van der Waals surface area contributed by atoms with Gasteiger partial charge in [-0.2, -0.15) is 0 Å². The number of methoxy groups -OCH3 is 1. The number of ether oxygens (including phenoxy) is 2. The van der Waals surface area contributed by atoms with Crippen molar-refractivity contribution in [1.82, 2.24) is 5.32 Å². The standard InChI is InChI=1S/C13H19NO4/c1-17-2-3-18-8-11-4-9-5-12(15)13(16)6-10(9)7-14-11/h5-6,11,14-16H,2-4,7-8H2,1H3. The average Bonchev–Trinajstić information content (AvgIpc) is 2.36. The van der Waals surface area contributed by atoms with Crippen LogP contribution < -0.4 is 5.32 Å². The SMILES string of the molecule is COCCOCC1Cc2cc(O)c(O)cc2CN1. The molecule has 1 heterocycles. The van der Waals surface area contributed by atoms with Gasteiger partial charge in [0.2, 0.25) is 0 Å². The maximum Gasteiger partial charge on any atom is 0.157 e. The zero-order valence-electron chi connectivity index (χ0n) is 10.5. The number of aromatic hydroxyl groups is 2. The number of rotatable bonds is 5. The van der Waals surface area contributed by atoms with Gasteiger partial charge in [-0.1, -0.05) is 0 Å². The normalized spacial score (nSPS) is 18.6. The fraction of sp³-hybridized carbons (Fsp3) is 0.538. The Bertz CT molecular complexity index is 408. The first-order valence-corrected chi connectivity index (χ1v) is 6.04. The second-order valence-electron chi connectivity index (χ2n) is 4.46. The quantitative estimate of drug-likeness (QED) is 0.534. The molecule has 1 aromatic carbocycles. The van der Waals surface area contributed by atoms with Crippen LogP contribution in [0.2, 0.25) is 0 Å². The van der Waals surface area contributed by atoms with Gasteiger partial charge >= 0.3 is 0 Å². The Kier molecular flexibility index (Phi) is 4.41. The van der Waals surface area contributed by atoms with Gasteiger partial charge in [-0.3, -0.25) is 0 Å². The van der Waals surface area contributed by atoms with E-state index >= 15 is 0 Å². The van der Waals surface area contributed by atoms with Crippen molar-refractivity contribution in [2.45, 2.75) is 19.0 Å². The molecule has 0 saturated heterocycles. The van der Waals surface area contributed by atoms with Crippen LogP contribution in [0.25, 0.3) is 0 Å². The second kappa shape index (κ2) is 6.04. The minimum absolute atomic E-state index is 0.0605. The van der Waals surface area contributed by atoms with Crippen LogP contribution >= 0.6 is 0 Å². The van der Waals surface area contributed by atoms with Crippen molar-refractivity contribution in [3.8, 4) is 11.5 Å². The van der Waals surface area contributed by atoms with Crippen LogP contribution in [0.15, 0.2) is 12.1 Å². The Hall–Kier alpha value is -1.30. The van der Waals surface area contributed by atoms with Gasteiger partial charge in [0, 0.05) is 19.7 Å². The number of phenols is 2. The van der Waals surface area contributed by atoms with Crippen LogP contribution in [-0.2, 0) is 22.4 Å². The highest BCUT2D eigenvalue weighted by Crippen LogP contribution is 2.30. The van der Waals surface area contributed by atoms with E-state index in [0.717, 1.165) is 17.5 Å². The maximum atomic E-state index is 9.49. The molecule has 100 valence electrons. The lowest BCUT2D eigenvalue weighted by atomic mass is 9.95. The lowest BCUT2D eigenvalue weighted by molar-refractivity contribution is 0.0575. The zero-order chi connectivity index (χ0) is 13.0. The molecule has 0 radical (unpaired) electrons. The molecule has 18 heavy (non-hydrogen) atoms. The molecule has 0 spiro atoms. The molecule has 0 amide bonds. The highest BCUT2D eigenvalue weighted by molar-refractivity contribution is 5.46. The van der Waals surface area contributed by atoms with Gasteiger partial charge in [-0.05, 0) is 29.7 Å². The van der Waals surface area contributed by atoms with E-state index in [1.165, 1.54) is 0 Å².